The number of methoxy groups -OCH3 is 4. The van der Waals surface area contributed by atoms with E-state index < -0.39 is 28.1 Å². The minimum absolute atomic E-state index is 0.0443. The number of likely N-dealkylation sites (N-methyl/N-ethyl adjacent to an activating group) is 1. The van der Waals surface area contributed by atoms with Crippen LogP contribution in [-0.4, -0.2) is 110 Å². The lowest BCUT2D eigenvalue weighted by molar-refractivity contribution is -0.320. The molecule has 6 fully saturated rings. The lowest BCUT2D eigenvalue weighted by Crippen LogP contribution is -2.82. The molecule has 8 nitrogen and oxygen atoms in total. The van der Waals surface area contributed by atoms with Crippen molar-refractivity contribution in [3.05, 3.63) is 0 Å². The molecule has 188 valence electrons. The van der Waals surface area contributed by atoms with E-state index in [9.17, 15) is 15.3 Å². The zero-order chi connectivity index (χ0) is 23.6. The van der Waals surface area contributed by atoms with Gasteiger partial charge in [-0.25, -0.2) is 0 Å². The van der Waals surface area contributed by atoms with Crippen LogP contribution in [0.3, 0.4) is 0 Å². The summed E-state index contributed by atoms with van der Waals surface area (Å²) in [6, 6.07) is -0.312. The molecule has 0 aromatic heterocycles. The molecule has 1 saturated heterocycles. The van der Waals surface area contributed by atoms with Crippen molar-refractivity contribution in [1.82, 2.24) is 4.90 Å². The van der Waals surface area contributed by atoms with Crippen molar-refractivity contribution in [2.45, 2.75) is 74.3 Å². The molecule has 8 heteroatoms. The standard InChI is InChI=1S/C25H41NO7/c1-6-26-11-22(12-27)8-7-16(31-3)24-14-9-13-15(30-2)10-23(28,17(14)18(13)32-4)25(29,21(24)26)20(33-5)19(22)24/h13-21,27-29H,6-12H2,1-5H3/t13-,14-,15+,16+,17-,18+,19?,20+,21?,22+,23-,24+,25-/m1/s1. The van der Waals surface area contributed by atoms with Gasteiger partial charge in [-0.2, -0.15) is 0 Å². The zero-order valence-corrected chi connectivity index (χ0v) is 20.6. The second-order valence-electron chi connectivity index (χ2n) is 11.8. The van der Waals surface area contributed by atoms with Gasteiger partial charge in [-0.3, -0.25) is 4.90 Å². The fourth-order valence-corrected chi connectivity index (χ4v) is 11.0. The van der Waals surface area contributed by atoms with Crippen LogP contribution in [0.25, 0.3) is 0 Å². The number of rotatable bonds is 6. The number of piperidine rings is 1. The van der Waals surface area contributed by atoms with Gasteiger partial charge in [-0.05, 0) is 31.7 Å². The van der Waals surface area contributed by atoms with Crippen molar-refractivity contribution in [2.75, 3.05) is 48.1 Å². The van der Waals surface area contributed by atoms with Crippen molar-refractivity contribution in [3.8, 4) is 0 Å². The van der Waals surface area contributed by atoms with Crippen molar-refractivity contribution in [2.24, 2.45) is 34.5 Å². The van der Waals surface area contributed by atoms with E-state index in [4.69, 9.17) is 18.9 Å². The maximum absolute atomic E-state index is 13.0. The smallest absolute Gasteiger partial charge is 0.136 e. The third-order valence-electron chi connectivity index (χ3n) is 11.6. The molecule has 1 heterocycles. The summed E-state index contributed by atoms with van der Waals surface area (Å²) in [4.78, 5) is 2.33. The van der Waals surface area contributed by atoms with E-state index in [1.54, 1.807) is 28.4 Å². The van der Waals surface area contributed by atoms with Crippen molar-refractivity contribution < 1.29 is 34.3 Å². The van der Waals surface area contributed by atoms with Gasteiger partial charge < -0.3 is 34.3 Å². The van der Waals surface area contributed by atoms with E-state index in [0.29, 0.717) is 13.0 Å². The summed E-state index contributed by atoms with van der Waals surface area (Å²) in [5.74, 6) is -0.0916. The molecule has 13 atom stereocenters. The predicted molar refractivity (Wildman–Crippen MR) is 119 cm³/mol. The quantitative estimate of drug-likeness (QED) is 0.512. The Balaban J connectivity index is 1.68. The highest BCUT2D eigenvalue weighted by Gasteiger charge is 2.91. The van der Waals surface area contributed by atoms with Crippen LogP contribution in [0.1, 0.15) is 32.6 Å². The maximum Gasteiger partial charge on any atom is 0.136 e. The summed E-state index contributed by atoms with van der Waals surface area (Å²) in [7, 11) is 6.85. The Labute approximate surface area is 196 Å². The van der Waals surface area contributed by atoms with Crippen LogP contribution in [-0.2, 0) is 18.9 Å². The Hall–Kier alpha value is -0.320. The Morgan fingerprint density at radius 3 is 2.36 bits per heavy atom. The molecule has 0 aromatic carbocycles. The van der Waals surface area contributed by atoms with Gasteiger partial charge in [-0.1, -0.05) is 6.92 Å². The number of hydrogen-bond acceptors (Lipinski definition) is 8. The molecule has 1 aliphatic heterocycles. The van der Waals surface area contributed by atoms with Crippen LogP contribution < -0.4 is 0 Å². The molecule has 2 unspecified atom stereocenters. The first-order valence-electron chi connectivity index (χ1n) is 12.7. The molecule has 0 amide bonds. The largest absolute Gasteiger partial charge is 0.396 e. The average molecular weight is 468 g/mol. The molecule has 1 spiro atoms. The average Bonchev–Trinajstić information content (AvgIpc) is 3.24. The number of fused-ring (bicyclic) bond motifs is 2. The van der Waals surface area contributed by atoms with Gasteiger partial charge in [0.25, 0.3) is 0 Å². The fourth-order valence-electron chi connectivity index (χ4n) is 11.0. The number of nitrogens with zero attached hydrogens (tertiary/aromatic N) is 1. The van der Waals surface area contributed by atoms with E-state index in [0.717, 1.165) is 25.8 Å². The Morgan fingerprint density at radius 2 is 1.79 bits per heavy atom. The minimum Gasteiger partial charge on any atom is -0.396 e. The van der Waals surface area contributed by atoms with Gasteiger partial charge >= 0.3 is 0 Å². The van der Waals surface area contributed by atoms with Crippen LogP contribution in [0.2, 0.25) is 0 Å². The van der Waals surface area contributed by atoms with Crippen molar-refractivity contribution >= 4 is 0 Å². The van der Waals surface area contributed by atoms with Crippen LogP contribution in [0, 0.1) is 34.5 Å². The van der Waals surface area contributed by atoms with Gasteiger partial charge in [0, 0.05) is 70.0 Å². The zero-order valence-electron chi connectivity index (χ0n) is 20.6. The fraction of sp³-hybridized carbons (Fsp3) is 1.00. The number of aliphatic hydroxyl groups excluding tert-OH is 1. The molecule has 6 rings (SSSR count). The molecule has 7 bridgehead atoms. The Bertz CT molecular complexity index is 814. The Morgan fingerprint density at radius 1 is 1.03 bits per heavy atom. The number of hydrogen-bond donors (Lipinski definition) is 3. The lowest BCUT2D eigenvalue weighted by Gasteiger charge is -2.70. The van der Waals surface area contributed by atoms with Crippen LogP contribution in [0.4, 0.5) is 0 Å². The molecule has 5 saturated carbocycles. The summed E-state index contributed by atoms with van der Waals surface area (Å²) in [6.45, 7) is 3.59. The number of likely N-dealkylation sites (tertiary alicyclic amines) is 1. The van der Waals surface area contributed by atoms with E-state index in [1.807, 2.05) is 0 Å². The second kappa shape index (κ2) is 7.13. The summed E-state index contributed by atoms with van der Waals surface area (Å²) >= 11 is 0. The normalized spacial score (nSPS) is 60.9. The molecular formula is C25H41NO7. The minimum atomic E-state index is -1.52. The highest BCUT2D eigenvalue weighted by molar-refractivity contribution is 5.41. The lowest BCUT2D eigenvalue weighted by atomic mass is 9.42. The molecule has 3 N–H and O–H groups in total. The van der Waals surface area contributed by atoms with Crippen LogP contribution in [0.15, 0.2) is 0 Å². The molecule has 5 aliphatic carbocycles. The molecule has 33 heavy (non-hydrogen) atoms. The van der Waals surface area contributed by atoms with Gasteiger partial charge in [-0.15, -0.1) is 0 Å². The highest BCUT2D eigenvalue weighted by atomic mass is 16.5. The van der Waals surface area contributed by atoms with Crippen LogP contribution >= 0.6 is 0 Å². The SMILES string of the molecule is CCN1C[C@]2(CO)CC[C@H](OC)[C@@]34C2[C@H](OC)[C@@](O)(C13)[C@@]1(O)C[C@H](OC)[C@H]2C[C@@H]4[C@@H]1[C@H]2OC. The van der Waals surface area contributed by atoms with E-state index >= 15 is 0 Å². The second-order valence-corrected chi connectivity index (χ2v) is 11.8. The summed E-state index contributed by atoms with van der Waals surface area (Å²) < 4.78 is 24.5. The first-order valence-corrected chi connectivity index (χ1v) is 12.7. The van der Waals surface area contributed by atoms with Crippen molar-refractivity contribution in [1.29, 1.82) is 0 Å². The van der Waals surface area contributed by atoms with Gasteiger partial charge in [0.2, 0.25) is 0 Å². The third kappa shape index (κ3) is 2.16. The maximum atomic E-state index is 13.0. The topological polar surface area (TPSA) is 101 Å². The highest BCUT2D eigenvalue weighted by Crippen LogP contribution is 2.80. The number of aliphatic hydroxyl groups is 3. The van der Waals surface area contributed by atoms with E-state index in [2.05, 4.69) is 11.8 Å². The van der Waals surface area contributed by atoms with E-state index in [1.165, 1.54) is 0 Å². The molecule has 6 aliphatic rings. The summed E-state index contributed by atoms with van der Waals surface area (Å²) in [5.41, 5.74) is -3.78. The predicted octanol–water partition coefficient (Wildman–Crippen LogP) is 0.271. The van der Waals surface area contributed by atoms with E-state index in [-0.39, 0.29) is 54.6 Å². The number of ether oxygens (including phenoxy) is 4. The summed E-state index contributed by atoms with van der Waals surface area (Å²) in [5, 5.41) is 36.6. The third-order valence-corrected chi connectivity index (χ3v) is 11.6. The van der Waals surface area contributed by atoms with Gasteiger partial charge in [0.1, 0.15) is 11.2 Å². The van der Waals surface area contributed by atoms with Gasteiger partial charge in [0.15, 0.2) is 0 Å². The molecule has 0 radical (unpaired) electrons. The first-order chi connectivity index (χ1) is 15.8. The Kier molecular flexibility index (Phi) is 4.99. The molecular weight excluding hydrogens is 426 g/mol. The molecule has 0 aromatic rings. The van der Waals surface area contributed by atoms with Crippen LogP contribution in [0.5, 0.6) is 0 Å². The van der Waals surface area contributed by atoms with Crippen molar-refractivity contribution in [3.63, 3.8) is 0 Å². The summed E-state index contributed by atoms with van der Waals surface area (Å²) in [6.07, 6.45) is 1.81. The monoisotopic (exact) mass is 467 g/mol. The first kappa shape index (κ1) is 23.1. The van der Waals surface area contributed by atoms with Gasteiger partial charge in [0.05, 0.1) is 37.1 Å².